The Labute approximate surface area is 185 Å². The molecule has 3 rings (SSSR count). The average Bonchev–Trinajstić information content (AvgIpc) is 2.98. The molecular formula is C19H27N7O4S. The molecule has 0 atom stereocenters. The second-order valence-electron chi connectivity index (χ2n) is 6.80. The van der Waals surface area contributed by atoms with Gasteiger partial charge in [-0.25, -0.2) is 24.2 Å². The zero-order valence-corrected chi connectivity index (χ0v) is 18.1. The molecule has 1 aliphatic heterocycles. The number of carbonyl (C=O) groups is 2. The zero-order valence-electron chi connectivity index (χ0n) is 17.3. The van der Waals surface area contributed by atoms with Crippen molar-refractivity contribution < 1.29 is 19.8 Å². The van der Waals surface area contributed by atoms with Crippen molar-refractivity contribution in [1.29, 1.82) is 0 Å². The molecule has 0 unspecified atom stereocenters. The summed E-state index contributed by atoms with van der Waals surface area (Å²) in [5, 5.41) is 27.5. The second-order valence-corrected chi connectivity index (χ2v) is 7.21. The van der Waals surface area contributed by atoms with Crippen LogP contribution in [0, 0.1) is 0 Å². The molecule has 31 heavy (non-hydrogen) atoms. The molecule has 2 aromatic rings. The lowest BCUT2D eigenvalue weighted by Gasteiger charge is -2.19. The highest BCUT2D eigenvalue weighted by atomic mass is 32.1. The first-order valence-corrected chi connectivity index (χ1v) is 10.3. The Morgan fingerprint density at radius 1 is 1.10 bits per heavy atom. The van der Waals surface area contributed by atoms with Gasteiger partial charge in [-0.3, -0.25) is 0 Å². The third kappa shape index (κ3) is 8.26. The van der Waals surface area contributed by atoms with E-state index in [1.165, 1.54) is 38.8 Å². The predicted molar refractivity (Wildman–Crippen MR) is 120 cm³/mol. The molecule has 0 aliphatic carbocycles. The molecule has 0 saturated carbocycles. The molecule has 3 heterocycles. The van der Waals surface area contributed by atoms with Gasteiger partial charge in [0.2, 0.25) is 0 Å². The van der Waals surface area contributed by atoms with Crippen LogP contribution in [0.5, 0.6) is 0 Å². The zero-order chi connectivity index (χ0) is 22.6. The molecule has 1 aliphatic rings. The van der Waals surface area contributed by atoms with Crippen LogP contribution in [0.25, 0.3) is 11.0 Å². The fourth-order valence-electron chi connectivity index (χ4n) is 3.06. The number of anilines is 1. The maximum Gasteiger partial charge on any atom is 0.328 e. The van der Waals surface area contributed by atoms with Crippen LogP contribution in [0.15, 0.2) is 24.7 Å². The molecule has 1 fully saturated rings. The molecule has 168 valence electrons. The first-order chi connectivity index (χ1) is 14.9. The highest BCUT2D eigenvalue weighted by Crippen LogP contribution is 2.18. The van der Waals surface area contributed by atoms with Crippen LogP contribution in [0.4, 0.5) is 5.82 Å². The van der Waals surface area contributed by atoms with E-state index in [1.807, 2.05) is 4.68 Å². The van der Waals surface area contributed by atoms with Crippen LogP contribution in [0.1, 0.15) is 25.7 Å². The number of carboxylic acid groups (broad SMARTS) is 2. The molecule has 0 aromatic carbocycles. The molecule has 4 N–H and O–H groups in total. The summed E-state index contributed by atoms with van der Waals surface area (Å²) in [6, 6.07) is 0. The number of thiocarbonyl (C=S) groups is 1. The summed E-state index contributed by atoms with van der Waals surface area (Å²) >= 11 is 5.14. The number of hydrogen-bond acceptors (Lipinski definition) is 7. The molecule has 0 radical (unpaired) electrons. The SMILES string of the molecule is CNC(=S)Nc1ncnc2c1cnn2CCN1CCCCCC1.O=C(O)C=CC(=O)O. The quantitative estimate of drug-likeness (QED) is 0.374. The lowest BCUT2D eigenvalue weighted by atomic mass is 10.2. The van der Waals surface area contributed by atoms with Crippen LogP contribution in [0.3, 0.4) is 0 Å². The summed E-state index contributed by atoms with van der Waals surface area (Å²) in [6.45, 7) is 4.24. The van der Waals surface area contributed by atoms with E-state index in [0.717, 1.165) is 24.1 Å². The van der Waals surface area contributed by atoms with Gasteiger partial charge in [-0.2, -0.15) is 5.10 Å². The van der Waals surface area contributed by atoms with Crippen LogP contribution in [-0.4, -0.2) is 78.6 Å². The molecule has 1 saturated heterocycles. The van der Waals surface area contributed by atoms with E-state index >= 15 is 0 Å². The van der Waals surface area contributed by atoms with Gasteiger partial charge in [0.25, 0.3) is 0 Å². The number of nitrogens with zero attached hydrogens (tertiary/aromatic N) is 5. The predicted octanol–water partition coefficient (Wildman–Crippen LogP) is 1.33. The van der Waals surface area contributed by atoms with E-state index in [4.69, 9.17) is 22.4 Å². The van der Waals surface area contributed by atoms with E-state index in [1.54, 1.807) is 19.6 Å². The minimum Gasteiger partial charge on any atom is -0.478 e. The van der Waals surface area contributed by atoms with Gasteiger partial charge < -0.3 is 25.7 Å². The largest absolute Gasteiger partial charge is 0.478 e. The monoisotopic (exact) mass is 449 g/mol. The number of carboxylic acids is 2. The first kappa shape index (κ1) is 24.2. The maximum atomic E-state index is 9.55. The Hall–Kier alpha value is -3.12. The molecular weight excluding hydrogens is 422 g/mol. The van der Waals surface area contributed by atoms with Crippen molar-refractivity contribution in [3.8, 4) is 0 Å². The molecule has 0 bridgehead atoms. The smallest absolute Gasteiger partial charge is 0.328 e. The second kappa shape index (κ2) is 12.5. The van der Waals surface area contributed by atoms with Crippen molar-refractivity contribution in [2.75, 3.05) is 32.0 Å². The van der Waals surface area contributed by atoms with Gasteiger partial charge in [-0.1, -0.05) is 12.8 Å². The van der Waals surface area contributed by atoms with Crippen LogP contribution in [-0.2, 0) is 16.1 Å². The first-order valence-electron chi connectivity index (χ1n) is 9.92. The third-order valence-electron chi connectivity index (χ3n) is 4.59. The van der Waals surface area contributed by atoms with Crippen LogP contribution < -0.4 is 10.6 Å². The van der Waals surface area contributed by atoms with E-state index in [0.29, 0.717) is 23.1 Å². The Morgan fingerprint density at radius 2 is 1.74 bits per heavy atom. The summed E-state index contributed by atoms with van der Waals surface area (Å²) in [6.07, 6.45) is 9.79. The standard InChI is InChI=1S/C15H23N7S.C4H4O4/c1-16-15(23)20-13-12-10-19-22(14(12)18-11-17-13)9-8-21-6-4-2-3-5-7-21;5-3(6)1-2-4(7)8/h10-11H,2-9H2,1H3,(H2,16,17,18,20,23);1-2H,(H,5,6)(H,7,8). The maximum absolute atomic E-state index is 9.55. The lowest BCUT2D eigenvalue weighted by molar-refractivity contribution is -0.134. The number of aromatic nitrogens is 4. The van der Waals surface area contributed by atoms with E-state index in [2.05, 4.69) is 30.6 Å². The fourth-order valence-corrected chi connectivity index (χ4v) is 3.16. The van der Waals surface area contributed by atoms with Gasteiger partial charge in [0.1, 0.15) is 12.1 Å². The Bertz CT molecular complexity index is 907. The normalized spacial score (nSPS) is 14.5. The highest BCUT2D eigenvalue weighted by molar-refractivity contribution is 7.80. The van der Waals surface area contributed by atoms with Crippen molar-refractivity contribution in [1.82, 2.24) is 30.0 Å². The molecule has 0 spiro atoms. The topological polar surface area (TPSA) is 146 Å². The molecule has 2 aromatic heterocycles. The fraction of sp³-hybridized carbons (Fsp3) is 0.474. The van der Waals surface area contributed by atoms with Gasteiger partial charge >= 0.3 is 11.9 Å². The summed E-state index contributed by atoms with van der Waals surface area (Å²) in [5.41, 5.74) is 0.844. The van der Waals surface area contributed by atoms with Crippen LogP contribution in [0.2, 0.25) is 0 Å². The van der Waals surface area contributed by atoms with Gasteiger partial charge in [0, 0.05) is 25.7 Å². The average molecular weight is 450 g/mol. The number of aliphatic carboxylic acids is 2. The Kier molecular flexibility index (Phi) is 9.78. The molecule has 11 nitrogen and oxygen atoms in total. The van der Waals surface area contributed by atoms with Crippen LogP contribution >= 0.6 is 12.2 Å². The summed E-state index contributed by atoms with van der Waals surface area (Å²) < 4.78 is 1.95. The molecule has 12 heteroatoms. The summed E-state index contributed by atoms with van der Waals surface area (Å²) in [4.78, 5) is 30.3. The number of likely N-dealkylation sites (tertiary alicyclic amines) is 1. The van der Waals surface area contributed by atoms with Crippen molar-refractivity contribution in [3.63, 3.8) is 0 Å². The summed E-state index contributed by atoms with van der Waals surface area (Å²) in [5.74, 6) is -1.82. The lowest BCUT2D eigenvalue weighted by Crippen LogP contribution is -2.28. The van der Waals surface area contributed by atoms with Gasteiger partial charge in [-0.05, 0) is 38.1 Å². The van der Waals surface area contributed by atoms with Gasteiger partial charge in [0.05, 0.1) is 18.1 Å². The van der Waals surface area contributed by atoms with Crippen molar-refractivity contribution >= 4 is 46.1 Å². The number of hydrogen-bond donors (Lipinski definition) is 4. The Morgan fingerprint density at radius 3 is 2.32 bits per heavy atom. The van der Waals surface area contributed by atoms with Crippen molar-refractivity contribution in [2.24, 2.45) is 0 Å². The van der Waals surface area contributed by atoms with Gasteiger partial charge in [-0.15, -0.1) is 0 Å². The number of rotatable bonds is 6. The van der Waals surface area contributed by atoms with Gasteiger partial charge in [0.15, 0.2) is 10.8 Å². The molecule has 0 amide bonds. The Balaban J connectivity index is 0.000000366. The third-order valence-corrected chi connectivity index (χ3v) is 4.89. The highest BCUT2D eigenvalue weighted by Gasteiger charge is 2.13. The number of nitrogens with one attached hydrogen (secondary N) is 2. The van der Waals surface area contributed by atoms with Crippen molar-refractivity contribution in [3.05, 3.63) is 24.7 Å². The van der Waals surface area contributed by atoms with Crippen molar-refractivity contribution in [2.45, 2.75) is 32.2 Å². The number of fused-ring (bicyclic) bond motifs is 1. The van der Waals surface area contributed by atoms with E-state index < -0.39 is 11.9 Å². The minimum atomic E-state index is -1.26. The minimum absolute atomic E-state index is 0.530. The van der Waals surface area contributed by atoms with E-state index in [9.17, 15) is 9.59 Å². The summed E-state index contributed by atoms with van der Waals surface area (Å²) in [7, 11) is 1.78. The van der Waals surface area contributed by atoms with E-state index in [-0.39, 0.29) is 0 Å².